The molecule has 0 amide bonds. The highest BCUT2D eigenvalue weighted by atomic mass is 79.9. The Morgan fingerprint density at radius 2 is 0.836 bits per heavy atom. The van der Waals surface area contributed by atoms with E-state index in [1.807, 2.05) is 12.1 Å². The first kappa shape index (κ1) is 43.8. The second-order valence-corrected chi connectivity index (χ2v) is 18.6. The molecule has 7 rings (SSSR count). The van der Waals surface area contributed by atoms with E-state index in [0.29, 0.717) is 50.1 Å². The molecule has 0 saturated carbocycles. The molecule has 0 radical (unpaired) electrons. The highest BCUT2D eigenvalue weighted by Crippen LogP contribution is 2.39. The summed E-state index contributed by atoms with van der Waals surface area (Å²) in [6.07, 6.45) is 5.93. The van der Waals surface area contributed by atoms with Gasteiger partial charge in [-0.2, -0.15) is 0 Å². The lowest BCUT2D eigenvalue weighted by molar-refractivity contribution is 0.274. The Morgan fingerprint density at radius 3 is 1.33 bits per heavy atom. The predicted molar refractivity (Wildman–Crippen MR) is 253 cm³/mol. The fourth-order valence-corrected chi connectivity index (χ4v) is 7.84. The average molecular weight is 888 g/mol. The van der Waals surface area contributed by atoms with Crippen molar-refractivity contribution in [1.29, 1.82) is 0 Å². The average Bonchev–Trinajstić information content (AvgIpc) is 4.05. The molecule has 8 bridgehead atoms. The van der Waals surface area contributed by atoms with Crippen LogP contribution >= 0.6 is 15.9 Å². The lowest BCUT2D eigenvalue weighted by Gasteiger charge is -2.19. The van der Waals surface area contributed by atoms with E-state index < -0.39 is 0 Å². The largest absolute Gasteiger partial charge is 0.493 e. The Balaban J connectivity index is 1.45. The van der Waals surface area contributed by atoms with Crippen LogP contribution in [0.5, 0.6) is 23.0 Å². The molecule has 322 valence electrons. The normalized spacial score (nSPS) is 12.8. The van der Waals surface area contributed by atoms with Crippen LogP contribution in [0, 0.1) is 23.7 Å². The number of benzene rings is 2. The minimum Gasteiger partial charge on any atom is -0.493 e. The molecule has 0 saturated heterocycles. The van der Waals surface area contributed by atoms with Gasteiger partial charge in [-0.25, -0.2) is 0 Å². The molecule has 4 aromatic heterocycles. The minimum absolute atomic E-state index is 0.517. The van der Waals surface area contributed by atoms with Crippen molar-refractivity contribution in [3.63, 3.8) is 0 Å². The number of nitrogens with one attached hydrogen (secondary N) is 4. The highest BCUT2D eigenvalue weighted by Gasteiger charge is 2.23. The standard InChI is InChI=1S/C52H63BrN4O4/c1-32(2)23-27-58-44-11-9-12-45(59-28-24-33(3)4)50(44)48-38-17-15-36(54-38)31-37-16-18-39(55-37)49(41-20-22-43(57-41)52(53)42-21-19-40(48)56-42)51-46(60-29-25-34(5)6)13-10-14-47(51)61-30-26-35(7)8/h9-22,31-35,54-57H,23-30H2,1-8H3. The molecule has 8 nitrogen and oxygen atoms in total. The van der Waals surface area contributed by atoms with Crippen molar-refractivity contribution in [2.45, 2.75) is 81.1 Å². The van der Waals surface area contributed by atoms with Crippen LogP contribution in [0.15, 0.2) is 84.9 Å². The number of hydrogen-bond donors (Lipinski definition) is 4. The molecular formula is C52H63BrN4O4. The molecule has 61 heavy (non-hydrogen) atoms. The Bertz CT molecular complexity index is 2590. The fraction of sp³-hybridized carbons (Fsp3) is 0.385. The number of H-pyrrole nitrogens is 4. The Morgan fingerprint density at radius 1 is 0.426 bits per heavy atom. The van der Waals surface area contributed by atoms with E-state index in [4.69, 9.17) is 18.9 Å². The summed E-state index contributed by atoms with van der Waals surface area (Å²) in [5, 5.41) is 3.74. The van der Waals surface area contributed by atoms with E-state index in [9.17, 15) is 0 Å². The molecule has 0 fully saturated rings. The van der Waals surface area contributed by atoms with E-state index in [1.165, 1.54) is 0 Å². The monoisotopic (exact) mass is 886 g/mol. The molecule has 4 N–H and O–H groups in total. The van der Waals surface area contributed by atoms with E-state index >= 15 is 0 Å². The number of halogens is 1. The summed E-state index contributed by atoms with van der Waals surface area (Å²) >= 11 is 4.01. The molecule has 1 aliphatic rings. The molecule has 0 aliphatic carbocycles. The summed E-state index contributed by atoms with van der Waals surface area (Å²) in [6, 6.07) is 29.3. The minimum atomic E-state index is 0.517. The topological polar surface area (TPSA) is 100 Å². The van der Waals surface area contributed by atoms with Crippen LogP contribution in [0.1, 0.15) is 115 Å². The number of fused-ring (bicyclic) bond motifs is 8. The fourth-order valence-electron chi connectivity index (χ4n) is 7.38. The molecular weight excluding hydrogens is 824 g/mol. The number of ether oxygens (including phenoxy) is 4. The molecule has 1 aliphatic heterocycles. The second kappa shape index (κ2) is 20.1. The van der Waals surface area contributed by atoms with Gasteiger partial charge in [0.1, 0.15) is 23.0 Å². The van der Waals surface area contributed by atoms with Gasteiger partial charge < -0.3 is 38.9 Å². The summed E-state index contributed by atoms with van der Waals surface area (Å²) < 4.78 is 27.3. The summed E-state index contributed by atoms with van der Waals surface area (Å²) in [7, 11) is 0. The van der Waals surface area contributed by atoms with Gasteiger partial charge in [0, 0.05) is 44.3 Å². The zero-order valence-electron chi connectivity index (χ0n) is 37.1. The second-order valence-electron chi connectivity index (χ2n) is 17.8. The summed E-state index contributed by atoms with van der Waals surface area (Å²) in [4.78, 5) is 15.1. The summed E-state index contributed by atoms with van der Waals surface area (Å²) in [5.74, 6) is 5.23. The molecule has 0 spiro atoms. The van der Waals surface area contributed by atoms with Crippen LogP contribution < -0.4 is 40.3 Å². The van der Waals surface area contributed by atoms with Crippen molar-refractivity contribution in [3.8, 4) is 23.0 Å². The number of rotatable bonds is 18. The SMILES string of the molecule is CC(C)CCOc1cccc(OCCC(C)C)c1C1=c2ccc([nH]2)=Cc2ccc([nH]2)C(c2c(OCCC(C)C)cccc2OCCC(C)C)=c2ccc([nH]2)=C(Br)c2ccc1[nH]2. The van der Waals surface area contributed by atoms with Crippen molar-refractivity contribution in [2.75, 3.05) is 26.4 Å². The molecule has 2 aromatic carbocycles. The third-order valence-electron chi connectivity index (χ3n) is 10.9. The molecule has 5 heterocycles. The summed E-state index contributed by atoms with van der Waals surface area (Å²) in [5.41, 5.74) is 7.50. The lowest BCUT2D eigenvalue weighted by atomic mass is 10.00. The first-order valence-electron chi connectivity index (χ1n) is 22.1. The molecule has 0 unspecified atom stereocenters. The number of aromatic amines is 4. The van der Waals surface area contributed by atoms with Crippen molar-refractivity contribution >= 4 is 37.6 Å². The number of aromatic nitrogens is 4. The third kappa shape index (κ3) is 10.8. The van der Waals surface area contributed by atoms with Crippen LogP contribution in [0.25, 0.3) is 21.7 Å². The molecule has 0 atom stereocenters. The predicted octanol–water partition coefficient (Wildman–Crippen LogP) is 9.89. The zero-order chi connectivity index (χ0) is 43.0. The van der Waals surface area contributed by atoms with Gasteiger partial charge in [-0.05, 0) is 144 Å². The van der Waals surface area contributed by atoms with Gasteiger partial charge in [0.15, 0.2) is 0 Å². The van der Waals surface area contributed by atoms with Gasteiger partial charge in [-0.15, -0.1) is 0 Å². The third-order valence-corrected chi connectivity index (χ3v) is 11.8. The molecule has 6 aromatic rings. The Labute approximate surface area is 369 Å². The number of hydrogen-bond acceptors (Lipinski definition) is 4. The Hall–Kier alpha value is -5.28. The maximum atomic E-state index is 6.61. The van der Waals surface area contributed by atoms with Gasteiger partial charge in [0.2, 0.25) is 0 Å². The van der Waals surface area contributed by atoms with Gasteiger partial charge in [-0.3, -0.25) is 0 Å². The van der Waals surface area contributed by atoms with Crippen LogP contribution in [-0.4, -0.2) is 46.4 Å². The van der Waals surface area contributed by atoms with Gasteiger partial charge in [0.25, 0.3) is 0 Å². The van der Waals surface area contributed by atoms with E-state index in [2.05, 4.69) is 170 Å². The van der Waals surface area contributed by atoms with Gasteiger partial charge in [-0.1, -0.05) is 67.5 Å². The molecule has 9 heteroatoms. The van der Waals surface area contributed by atoms with Crippen molar-refractivity contribution < 1.29 is 18.9 Å². The first-order valence-corrected chi connectivity index (χ1v) is 22.9. The summed E-state index contributed by atoms with van der Waals surface area (Å²) in [6.45, 7) is 20.2. The van der Waals surface area contributed by atoms with Crippen LogP contribution in [-0.2, 0) is 0 Å². The van der Waals surface area contributed by atoms with Crippen LogP contribution in [0.3, 0.4) is 0 Å². The van der Waals surface area contributed by atoms with Crippen molar-refractivity contribution in [1.82, 2.24) is 19.9 Å². The highest BCUT2D eigenvalue weighted by molar-refractivity contribution is 9.15. The van der Waals surface area contributed by atoms with Crippen molar-refractivity contribution in [2.24, 2.45) is 23.7 Å². The van der Waals surface area contributed by atoms with Gasteiger partial charge >= 0.3 is 0 Å². The van der Waals surface area contributed by atoms with Crippen LogP contribution in [0.4, 0.5) is 0 Å². The van der Waals surface area contributed by atoms with E-state index in [-0.39, 0.29) is 0 Å². The van der Waals surface area contributed by atoms with E-state index in [1.54, 1.807) is 0 Å². The lowest BCUT2D eigenvalue weighted by Crippen LogP contribution is -2.18. The first-order chi connectivity index (χ1) is 29.4. The van der Waals surface area contributed by atoms with Crippen LogP contribution in [0.2, 0.25) is 0 Å². The smallest absolute Gasteiger partial charge is 0.131 e. The maximum Gasteiger partial charge on any atom is 0.131 e. The van der Waals surface area contributed by atoms with Gasteiger partial charge in [0.05, 0.1) is 53.1 Å². The maximum absolute atomic E-state index is 6.61. The van der Waals surface area contributed by atoms with E-state index in [0.717, 1.165) is 120 Å². The Kier molecular flexibility index (Phi) is 14.4. The quantitative estimate of drug-likeness (QED) is 0.0691. The zero-order valence-corrected chi connectivity index (χ0v) is 38.7. The van der Waals surface area contributed by atoms with Crippen molar-refractivity contribution in [3.05, 3.63) is 140 Å².